The van der Waals surface area contributed by atoms with Gasteiger partial charge in [0.1, 0.15) is 5.82 Å². The van der Waals surface area contributed by atoms with E-state index in [-0.39, 0.29) is 0 Å². The lowest BCUT2D eigenvalue weighted by atomic mass is 10.2. The van der Waals surface area contributed by atoms with Crippen LogP contribution in [0.4, 0.5) is 5.69 Å². The van der Waals surface area contributed by atoms with Gasteiger partial charge in [-0.2, -0.15) is 0 Å². The molecule has 0 atom stereocenters. The van der Waals surface area contributed by atoms with Gasteiger partial charge in [-0.1, -0.05) is 0 Å². The summed E-state index contributed by atoms with van der Waals surface area (Å²) >= 11 is 0. The Bertz CT molecular complexity index is 714. The summed E-state index contributed by atoms with van der Waals surface area (Å²) in [5.74, 6) is 0.983. The first-order valence-electron chi connectivity index (χ1n) is 6.23. The third-order valence-corrected chi connectivity index (χ3v) is 3.24. The van der Waals surface area contributed by atoms with Gasteiger partial charge in [0.05, 0.1) is 16.7 Å². The lowest BCUT2D eigenvalue weighted by Crippen LogP contribution is -2.08. The Morgan fingerprint density at radius 2 is 1.79 bits per heavy atom. The van der Waals surface area contributed by atoms with Crippen molar-refractivity contribution < 1.29 is 0 Å². The van der Waals surface area contributed by atoms with Crippen molar-refractivity contribution >= 4 is 16.7 Å². The van der Waals surface area contributed by atoms with E-state index in [1.54, 1.807) is 12.4 Å². The molecular formula is C15H16N4. The number of fused-ring (bicyclic) bond motifs is 1. The molecule has 4 heteroatoms. The molecule has 2 aromatic heterocycles. The number of nitrogens with zero attached hydrogens (tertiary/aromatic N) is 4. The number of anilines is 1. The minimum Gasteiger partial charge on any atom is -0.378 e. The Kier molecular flexibility index (Phi) is 2.71. The van der Waals surface area contributed by atoms with Gasteiger partial charge >= 0.3 is 0 Å². The molecule has 3 rings (SSSR count). The number of aryl methyl sites for hydroxylation is 1. The van der Waals surface area contributed by atoms with Crippen LogP contribution in [0.3, 0.4) is 0 Å². The highest BCUT2D eigenvalue weighted by Crippen LogP contribution is 2.24. The Hall–Kier alpha value is -2.36. The molecule has 0 aliphatic rings. The van der Waals surface area contributed by atoms with E-state index in [9.17, 15) is 0 Å². The molecule has 1 aromatic carbocycles. The van der Waals surface area contributed by atoms with Crippen molar-refractivity contribution in [2.45, 2.75) is 6.92 Å². The van der Waals surface area contributed by atoms with Crippen LogP contribution in [0.2, 0.25) is 0 Å². The van der Waals surface area contributed by atoms with Crippen LogP contribution in [0.25, 0.3) is 16.7 Å². The summed E-state index contributed by atoms with van der Waals surface area (Å²) in [5, 5.41) is 0. The smallest absolute Gasteiger partial charge is 0.111 e. The molecule has 0 saturated carbocycles. The number of hydrogen-bond acceptors (Lipinski definition) is 3. The topological polar surface area (TPSA) is 34.0 Å². The Balaban J connectivity index is 2.29. The Morgan fingerprint density at radius 3 is 2.47 bits per heavy atom. The molecule has 0 amide bonds. The monoisotopic (exact) mass is 252 g/mol. The fraction of sp³-hybridized carbons (Fsp3) is 0.200. The van der Waals surface area contributed by atoms with Gasteiger partial charge in [0.25, 0.3) is 0 Å². The summed E-state index contributed by atoms with van der Waals surface area (Å²) in [6, 6.07) is 10.3. The third-order valence-electron chi connectivity index (χ3n) is 3.24. The predicted octanol–water partition coefficient (Wildman–Crippen LogP) is 2.79. The molecule has 4 nitrogen and oxygen atoms in total. The van der Waals surface area contributed by atoms with Gasteiger partial charge in [0.2, 0.25) is 0 Å². The quantitative estimate of drug-likeness (QED) is 0.703. The summed E-state index contributed by atoms with van der Waals surface area (Å²) < 4.78 is 2.16. The van der Waals surface area contributed by atoms with Gasteiger partial charge in [-0.05, 0) is 37.3 Å². The first kappa shape index (κ1) is 11.7. The Morgan fingerprint density at radius 1 is 1.05 bits per heavy atom. The van der Waals surface area contributed by atoms with Crippen molar-refractivity contribution in [2.75, 3.05) is 19.0 Å². The van der Waals surface area contributed by atoms with Crippen molar-refractivity contribution in [1.82, 2.24) is 14.5 Å². The van der Waals surface area contributed by atoms with Gasteiger partial charge in [-0.3, -0.25) is 9.55 Å². The maximum atomic E-state index is 4.61. The third kappa shape index (κ3) is 1.95. The van der Waals surface area contributed by atoms with Crippen molar-refractivity contribution in [3.05, 3.63) is 48.5 Å². The maximum Gasteiger partial charge on any atom is 0.111 e. The highest BCUT2D eigenvalue weighted by atomic mass is 15.1. The molecule has 19 heavy (non-hydrogen) atoms. The van der Waals surface area contributed by atoms with Gasteiger partial charge in [0.15, 0.2) is 0 Å². The van der Waals surface area contributed by atoms with Crippen LogP contribution in [-0.2, 0) is 0 Å². The highest BCUT2D eigenvalue weighted by molar-refractivity contribution is 5.82. The molecule has 0 aliphatic heterocycles. The molecule has 0 saturated heterocycles. The fourth-order valence-electron chi connectivity index (χ4n) is 2.28. The zero-order valence-corrected chi connectivity index (χ0v) is 11.3. The lowest BCUT2D eigenvalue weighted by Gasteiger charge is -2.13. The van der Waals surface area contributed by atoms with Crippen LogP contribution in [0.1, 0.15) is 5.82 Å². The summed E-state index contributed by atoms with van der Waals surface area (Å²) in [7, 11) is 4.09. The number of benzene rings is 1. The Labute approximate surface area is 112 Å². The second-order valence-corrected chi connectivity index (χ2v) is 4.77. The van der Waals surface area contributed by atoms with E-state index >= 15 is 0 Å². The molecule has 0 spiro atoms. The van der Waals surface area contributed by atoms with E-state index in [4.69, 9.17) is 0 Å². The van der Waals surface area contributed by atoms with Crippen molar-refractivity contribution in [2.24, 2.45) is 0 Å². The molecule has 0 aliphatic carbocycles. The van der Waals surface area contributed by atoms with Crippen molar-refractivity contribution in [1.29, 1.82) is 0 Å². The summed E-state index contributed by atoms with van der Waals surface area (Å²) in [6.45, 7) is 2.02. The first-order valence-corrected chi connectivity index (χ1v) is 6.23. The minimum atomic E-state index is 0.983. The molecule has 0 N–H and O–H groups in total. The maximum absolute atomic E-state index is 4.61. The van der Waals surface area contributed by atoms with Crippen LogP contribution in [-0.4, -0.2) is 28.6 Å². The van der Waals surface area contributed by atoms with Gasteiger partial charge in [-0.25, -0.2) is 4.98 Å². The second kappa shape index (κ2) is 4.39. The summed E-state index contributed by atoms with van der Waals surface area (Å²) in [5.41, 5.74) is 4.39. The molecular weight excluding hydrogens is 236 g/mol. The second-order valence-electron chi connectivity index (χ2n) is 4.77. The average molecular weight is 252 g/mol. The molecule has 3 aromatic rings. The largest absolute Gasteiger partial charge is 0.378 e. The van der Waals surface area contributed by atoms with Crippen LogP contribution in [0.15, 0.2) is 42.7 Å². The molecule has 2 heterocycles. The van der Waals surface area contributed by atoms with Crippen LogP contribution in [0.5, 0.6) is 0 Å². The minimum absolute atomic E-state index is 0.983. The summed E-state index contributed by atoms with van der Waals surface area (Å²) in [6.07, 6.45) is 3.60. The van der Waals surface area contributed by atoms with Crippen LogP contribution < -0.4 is 4.90 Å². The van der Waals surface area contributed by atoms with E-state index in [0.717, 1.165) is 22.5 Å². The zero-order valence-electron chi connectivity index (χ0n) is 11.3. The standard InChI is InChI=1S/C15H16N4/c1-11-17-14-5-4-13(18(2)3)10-15(14)19(11)12-6-8-16-9-7-12/h4-10H,1-3H3. The average Bonchev–Trinajstić information content (AvgIpc) is 2.74. The van der Waals surface area contributed by atoms with E-state index in [1.807, 2.05) is 33.2 Å². The fourth-order valence-corrected chi connectivity index (χ4v) is 2.28. The van der Waals surface area contributed by atoms with Gasteiger partial charge in [-0.15, -0.1) is 0 Å². The molecule has 96 valence electrons. The predicted molar refractivity (Wildman–Crippen MR) is 77.9 cm³/mol. The SMILES string of the molecule is Cc1nc2ccc(N(C)C)cc2n1-c1ccncc1. The van der Waals surface area contributed by atoms with Crippen LogP contribution >= 0.6 is 0 Å². The van der Waals surface area contributed by atoms with Gasteiger partial charge < -0.3 is 4.90 Å². The number of imidazole rings is 1. The number of hydrogen-bond donors (Lipinski definition) is 0. The molecule has 0 radical (unpaired) electrons. The van der Waals surface area contributed by atoms with Crippen molar-refractivity contribution in [3.63, 3.8) is 0 Å². The van der Waals surface area contributed by atoms with E-state index in [2.05, 4.69) is 37.6 Å². The molecule has 0 fully saturated rings. The van der Waals surface area contributed by atoms with Crippen molar-refractivity contribution in [3.8, 4) is 5.69 Å². The normalized spacial score (nSPS) is 10.9. The molecule has 0 unspecified atom stereocenters. The number of aromatic nitrogens is 3. The van der Waals surface area contributed by atoms with Gasteiger partial charge in [0, 0.05) is 32.2 Å². The van der Waals surface area contributed by atoms with E-state index in [0.29, 0.717) is 0 Å². The number of pyridine rings is 1. The van der Waals surface area contributed by atoms with E-state index in [1.165, 1.54) is 5.69 Å². The van der Waals surface area contributed by atoms with Crippen LogP contribution in [0, 0.1) is 6.92 Å². The summed E-state index contributed by atoms with van der Waals surface area (Å²) in [4.78, 5) is 10.8. The molecule has 0 bridgehead atoms. The lowest BCUT2D eigenvalue weighted by molar-refractivity contribution is 0.995. The first-order chi connectivity index (χ1) is 9.16. The number of rotatable bonds is 2. The zero-order chi connectivity index (χ0) is 13.4. The van der Waals surface area contributed by atoms with E-state index < -0.39 is 0 Å². The highest BCUT2D eigenvalue weighted by Gasteiger charge is 2.10.